The molecule has 15 heavy (non-hydrogen) atoms. The second-order valence-electron chi connectivity index (χ2n) is 3.77. The molecule has 2 aliphatic rings. The van der Waals surface area contributed by atoms with Crippen molar-refractivity contribution in [1.29, 1.82) is 0 Å². The summed E-state index contributed by atoms with van der Waals surface area (Å²) in [6, 6.07) is 0.171. The van der Waals surface area contributed by atoms with E-state index in [4.69, 9.17) is 10.2 Å². The number of hydrogen-bond acceptors (Lipinski definition) is 3. The van der Waals surface area contributed by atoms with E-state index in [2.05, 4.69) is 5.32 Å². The summed E-state index contributed by atoms with van der Waals surface area (Å²) in [6.45, 7) is 0.00292. The molecule has 2 rings (SSSR count). The van der Waals surface area contributed by atoms with Gasteiger partial charge in [0.25, 0.3) is 0 Å². The van der Waals surface area contributed by atoms with Gasteiger partial charge in [0.05, 0.1) is 19.1 Å². The summed E-state index contributed by atoms with van der Waals surface area (Å²) in [5, 5.41) is 20.8. The van der Waals surface area contributed by atoms with Gasteiger partial charge in [0.15, 0.2) is 0 Å². The van der Waals surface area contributed by atoms with Gasteiger partial charge in [0.2, 0.25) is 0 Å². The topological polar surface area (TPSA) is 69.6 Å². The van der Waals surface area contributed by atoms with E-state index in [1.807, 2.05) is 24.3 Å². The summed E-state index contributed by atoms with van der Waals surface area (Å²) in [6.07, 6.45) is 7.71. The van der Waals surface area contributed by atoms with Crippen molar-refractivity contribution >= 4 is 5.97 Å². The average Bonchev–Trinajstić information content (AvgIpc) is 2.58. The Kier molecular flexibility index (Phi) is 2.60. The lowest BCUT2D eigenvalue weighted by molar-refractivity contribution is -0.136. The number of carboxylic acids is 1. The van der Waals surface area contributed by atoms with E-state index >= 15 is 0 Å². The van der Waals surface area contributed by atoms with Gasteiger partial charge in [-0.25, -0.2) is 0 Å². The highest BCUT2D eigenvalue weighted by Gasteiger charge is 2.25. The molecule has 4 heteroatoms. The molecule has 1 aliphatic heterocycles. The van der Waals surface area contributed by atoms with Gasteiger partial charge in [-0.05, 0) is 5.57 Å². The highest BCUT2D eigenvalue weighted by atomic mass is 16.4. The molecule has 0 radical (unpaired) electrons. The molecule has 0 spiro atoms. The van der Waals surface area contributed by atoms with Crippen LogP contribution in [-0.4, -0.2) is 28.8 Å². The number of carboxylic acid groups (broad SMARTS) is 1. The minimum atomic E-state index is -0.818. The van der Waals surface area contributed by atoms with Crippen molar-refractivity contribution in [2.75, 3.05) is 6.61 Å². The molecule has 0 amide bonds. The Labute approximate surface area is 87.6 Å². The van der Waals surface area contributed by atoms with Gasteiger partial charge in [-0.15, -0.1) is 0 Å². The molecule has 1 heterocycles. The Morgan fingerprint density at radius 1 is 1.47 bits per heavy atom. The molecule has 0 saturated carbocycles. The molecule has 3 N–H and O–H groups in total. The van der Waals surface area contributed by atoms with Crippen molar-refractivity contribution in [1.82, 2.24) is 5.32 Å². The first kappa shape index (κ1) is 9.98. The molecular weight excluding hydrogens is 194 g/mol. The number of aliphatic hydroxyl groups excluding tert-OH is 1. The normalized spacial score (nSPS) is 27.8. The number of aliphatic hydroxyl groups is 1. The Morgan fingerprint density at radius 2 is 2.27 bits per heavy atom. The van der Waals surface area contributed by atoms with Crippen molar-refractivity contribution in [3.05, 3.63) is 35.6 Å². The Bertz CT molecular complexity index is 368. The molecule has 2 unspecified atom stereocenters. The lowest BCUT2D eigenvalue weighted by Gasteiger charge is -2.18. The Morgan fingerprint density at radius 3 is 2.93 bits per heavy atom. The fraction of sp³-hybridized carbons (Fsp3) is 0.364. The lowest BCUT2D eigenvalue weighted by Crippen LogP contribution is -2.28. The van der Waals surface area contributed by atoms with Gasteiger partial charge >= 0.3 is 5.97 Å². The SMILES string of the molecule is O=C(O)CC1=CC2C=C(CO)NC2C=C1. The van der Waals surface area contributed by atoms with Crippen LogP contribution in [-0.2, 0) is 4.79 Å². The third-order valence-electron chi connectivity index (χ3n) is 2.61. The van der Waals surface area contributed by atoms with Crippen LogP contribution in [0.4, 0.5) is 0 Å². The monoisotopic (exact) mass is 207 g/mol. The summed E-state index contributed by atoms with van der Waals surface area (Å²) in [5.41, 5.74) is 1.63. The third-order valence-corrected chi connectivity index (χ3v) is 2.61. The number of fused-ring (bicyclic) bond motifs is 1. The Hall–Kier alpha value is -1.55. The van der Waals surface area contributed by atoms with Crippen molar-refractivity contribution < 1.29 is 15.0 Å². The van der Waals surface area contributed by atoms with Crippen molar-refractivity contribution in [3.63, 3.8) is 0 Å². The van der Waals surface area contributed by atoms with E-state index in [9.17, 15) is 4.79 Å². The fourth-order valence-electron chi connectivity index (χ4n) is 1.94. The summed E-state index contributed by atoms with van der Waals surface area (Å²) < 4.78 is 0. The molecule has 0 aromatic carbocycles. The maximum atomic E-state index is 10.5. The van der Waals surface area contributed by atoms with Crippen LogP contribution in [0.2, 0.25) is 0 Å². The largest absolute Gasteiger partial charge is 0.481 e. The van der Waals surface area contributed by atoms with E-state index in [1.54, 1.807) is 0 Å². The second kappa shape index (κ2) is 3.90. The second-order valence-corrected chi connectivity index (χ2v) is 3.77. The third kappa shape index (κ3) is 2.10. The first-order valence-electron chi connectivity index (χ1n) is 4.88. The Balaban J connectivity index is 2.11. The van der Waals surface area contributed by atoms with E-state index in [0.29, 0.717) is 0 Å². The highest BCUT2D eigenvalue weighted by Crippen LogP contribution is 2.26. The van der Waals surface area contributed by atoms with Crippen LogP contribution in [0.1, 0.15) is 6.42 Å². The maximum Gasteiger partial charge on any atom is 0.307 e. The standard InChI is InChI=1S/C11H13NO3/c13-6-9-5-8-3-7(4-11(14)15)1-2-10(8)12-9/h1-3,5,8,10,12-13H,4,6H2,(H,14,15). The smallest absolute Gasteiger partial charge is 0.307 e. The zero-order valence-corrected chi connectivity index (χ0v) is 8.18. The minimum absolute atomic E-state index is 0.00292. The summed E-state index contributed by atoms with van der Waals surface area (Å²) in [5.74, 6) is -0.645. The first-order valence-corrected chi connectivity index (χ1v) is 4.88. The minimum Gasteiger partial charge on any atom is -0.481 e. The van der Waals surface area contributed by atoms with E-state index < -0.39 is 5.97 Å². The molecule has 0 aromatic rings. The number of carbonyl (C=O) groups is 1. The molecule has 0 aromatic heterocycles. The zero-order valence-electron chi connectivity index (χ0n) is 8.18. The summed E-state index contributed by atoms with van der Waals surface area (Å²) in [4.78, 5) is 10.5. The average molecular weight is 207 g/mol. The molecule has 0 bridgehead atoms. The predicted molar refractivity (Wildman–Crippen MR) is 55.1 cm³/mol. The highest BCUT2D eigenvalue weighted by molar-refractivity contribution is 5.71. The van der Waals surface area contributed by atoms with Gasteiger partial charge in [0.1, 0.15) is 0 Å². The zero-order chi connectivity index (χ0) is 10.8. The molecule has 80 valence electrons. The van der Waals surface area contributed by atoms with Crippen LogP contribution >= 0.6 is 0 Å². The lowest BCUT2D eigenvalue weighted by atomic mass is 9.92. The van der Waals surface area contributed by atoms with Gasteiger partial charge in [-0.1, -0.05) is 24.3 Å². The van der Waals surface area contributed by atoms with E-state index in [-0.39, 0.29) is 25.0 Å². The van der Waals surface area contributed by atoms with Crippen LogP contribution < -0.4 is 5.32 Å². The first-order chi connectivity index (χ1) is 7.19. The predicted octanol–water partition coefficient (Wildman–Crippen LogP) is 0.422. The summed E-state index contributed by atoms with van der Waals surface area (Å²) >= 11 is 0. The van der Waals surface area contributed by atoms with Crippen LogP contribution in [0, 0.1) is 5.92 Å². The number of hydrogen-bond donors (Lipinski definition) is 3. The van der Waals surface area contributed by atoms with Crippen LogP contribution in [0.3, 0.4) is 0 Å². The summed E-state index contributed by atoms with van der Waals surface area (Å²) in [7, 11) is 0. The van der Waals surface area contributed by atoms with Gasteiger partial charge in [-0.2, -0.15) is 0 Å². The quantitative estimate of drug-likeness (QED) is 0.627. The number of rotatable bonds is 3. The maximum absolute atomic E-state index is 10.5. The van der Waals surface area contributed by atoms with Crippen molar-refractivity contribution in [2.45, 2.75) is 12.5 Å². The van der Waals surface area contributed by atoms with Gasteiger partial charge in [-0.3, -0.25) is 4.79 Å². The molecule has 4 nitrogen and oxygen atoms in total. The fourth-order valence-corrected chi connectivity index (χ4v) is 1.94. The molecule has 0 fully saturated rings. The molecule has 1 aliphatic carbocycles. The van der Waals surface area contributed by atoms with Crippen LogP contribution in [0.25, 0.3) is 0 Å². The van der Waals surface area contributed by atoms with Crippen LogP contribution in [0.15, 0.2) is 35.6 Å². The molecular formula is C11H13NO3. The van der Waals surface area contributed by atoms with Crippen molar-refractivity contribution in [3.8, 4) is 0 Å². The number of nitrogens with one attached hydrogen (secondary N) is 1. The number of allylic oxidation sites excluding steroid dienone is 1. The van der Waals surface area contributed by atoms with E-state index in [1.165, 1.54) is 0 Å². The number of aliphatic carboxylic acids is 1. The van der Waals surface area contributed by atoms with Gasteiger partial charge in [0, 0.05) is 11.6 Å². The van der Waals surface area contributed by atoms with Crippen LogP contribution in [0.5, 0.6) is 0 Å². The van der Waals surface area contributed by atoms with Gasteiger partial charge < -0.3 is 15.5 Å². The molecule has 0 saturated heterocycles. The van der Waals surface area contributed by atoms with Crippen molar-refractivity contribution in [2.24, 2.45) is 5.92 Å². The van der Waals surface area contributed by atoms with E-state index in [0.717, 1.165) is 11.3 Å². The molecule has 2 atom stereocenters.